The van der Waals surface area contributed by atoms with Crippen molar-refractivity contribution >= 4 is 15.6 Å². The topological polar surface area (TPSA) is 59.6 Å². The standard InChI is InChI=1S/C24H52N2O3Si/c1-4-5-6-7-8-9-10-11-12-13-14-15-16-17-18-20-25-23(27)26-21-19-22-30-24(28-2)29-3/h24H,4-22,30H2,1-3H3,(H2,25,26,27). The largest absolute Gasteiger partial charge is 0.360 e. The summed E-state index contributed by atoms with van der Waals surface area (Å²) in [7, 11) is 2.99. The van der Waals surface area contributed by atoms with E-state index in [1.54, 1.807) is 14.2 Å². The van der Waals surface area contributed by atoms with E-state index in [1.165, 1.54) is 89.9 Å². The quantitative estimate of drug-likeness (QED) is 0.120. The number of urea groups is 1. The summed E-state index contributed by atoms with van der Waals surface area (Å²) < 4.78 is 10.4. The van der Waals surface area contributed by atoms with Crippen LogP contribution < -0.4 is 10.6 Å². The maximum atomic E-state index is 11.7. The fourth-order valence-electron chi connectivity index (χ4n) is 3.73. The molecule has 0 aliphatic rings. The first kappa shape index (κ1) is 29.4. The predicted molar refractivity (Wildman–Crippen MR) is 132 cm³/mol. The lowest BCUT2D eigenvalue weighted by molar-refractivity contribution is -0.0441. The monoisotopic (exact) mass is 444 g/mol. The molecule has 0 aliphatic carbocycles. The molecule has 30 heavy (non-hydrogen) atoms. The highest BCUT2D eigenvalue weighted by Crippen LogP contribution is 2.13. The predicted octanol–water partition coefficient (Wildman–Crippen LogP) is 5.71. The van der Waals surface area contributed by atoms with Crippen LogP contribution in [-0.2, 0) is 9.47 Å². The van der Waals surface area contributed by atoms with Gasteiger partial charge in [0.25, 0.3) is 0 Å². The maximum absolute atomic E-state index is 11.7. The fourth-order valence-corrected chi connectivity index (χ4v) is 5.07. The van der Waals surface area contributed by atoms with Crippen LogP contribution in [0.25, 0.3) is 0 Å². The van der Waals surface area contributed by atoms with Crippen LogP contribution in [-0.4, -0.2) is 48.8 Å². The van der Waals surface area contributed by atoms with E-state index in [9.17, 15) is 4.79 Å². The first-order valence-electron chi connectivity index (χ1n) is 12.8. The average molecular weight is 445 g/mol. The Kier molecular flexibility index (Phi) is 24.2. The molecule has 6 heteroatoms. The van der Waals surface area contributed by atoms with Crippen LogP contribution in [0.2, 0.25) is 6.04 Å². The van der Waals surface area contributed by atoms with E-state index in [4.69, 9.17) is 9.47 Å². The van der Waals surface area contributed by atoms with Crippen LogP contribution in [0, 0.1) is 0 Å². The molecule has 0 fully saturated rings. The first-order chi connectivity index (χ1) is 14.7. The summed E-state index contributed by atoms with van der Waals surface area (Å²) in [4.78, 5) is 11.7. The Hall–Kier alpha value is -0.593. The molecule has 0 saturated carbocycles. The maximum Gasteiger partial charge on any atom is 0.314 e. The van der Waals surface area contributed by atoms with E-state index in [2.05, 4.69) is 17.6 Å². The summed E-state index contributed by atoms with van der Waals surface area (Å²) in [6.07, 6.45) is 21.5. The van der Waals surface area contributed by atoms with Gasteiger partial charge in [0.2, 0.25) is 0 Å². The zero-order chi connectivity index (χ0) is 22.1. The SMILES string of the molecule is CCCCCCCCCCCCCCCCCNC(=O)NCCC[SiH2]C(OC)OC. The molecule has 0 aromatic heterocycles. The molecule has 0 heterocycles. The third-order valence-corrected chi connectivity index (χ3v) is 7.79. The Labute approximate surface area is 189 Å². The fraction of sp³-hybridized carbons (Fsp3) is 0.958. The molecule has 0 spiro atoms. The van der Waals surface area contributed by atoms with Gasteiger partial charge in [-0.05, 0) is 12.8 Å². The molecular weight excluding hydrogens is 392 g/mol. The summed E-state index contributed by atoms with van der Waals surface area (Å²) in [6.45, 7) is 3.80. The first-order valence-corrected chi connectivity index (χ1v) is 14.6. The highest BCUT2D eigenvalue weighted by molar-refractivity contribution is 6.36. The van der Waals surface area contributed by atoms with Gasteiger partial charge in [-0.15, -0.1) is 0 Å². The minimum absolute atomic E-state index is 0.00364. The third kappa shape index (κ3) is 22.1. The third-order valence-electron chi connectivity index (χ3n) is 5.74. The smallest absolute Gasteiger partial charge is 0.314 e. The molecule has 0 atom stereocenters. The number of hydrogen-bond acceptors (Lipinski definition) is 3. The lowest BCUT2D eigenvalue weighted by Crippen LogP contribution is -2.36. The number of nitrogens with one attached hydrogen (secondary N) is 2. The summed E-state index contributed by atoms with van der Waals surface area (Å²) in [5, 5.41) is 5.90. The van der Waals surface area contributed by atoms with Crippen LogP contribution in [0.15, 0.2) is 0 Å². The molecule has 5 nitrogen and oxygen atoms in total. The van der Waals surface area contributed by atoms with Crippen molar-refractivity contribution < 1.29 is 14.3 Å². The molecule has 0 aliphatic heterocycles. The molecule has 0 radical (unpaired) electrons. The Balaban J connectivity index is 3.18. The second-order valence-corrected chi connectivity index (χ2v) is 10.5. The highest BCUT2D eigenvalue weighted by atomic mass is 28.2. The van der Waals surface area contributed by atoms with E-state index >= 15 is 0 Å². The summed E-state index contributed by atoms with van der Waals surface area (Å²) >= 11 is 0. The van der Waals surface area contributed by atoms with Gasteiger partial charge < -0.3 is 20.1 Å². The van der Waals surface area contributed by atoms with Crippen molar-refractivity contribution in [2.75, 3.05) is 27.3 Å². The second kappa shape index (κ2) is 24.7. The number of carbonyl (C=O) groups excluding carboxylic acids is 1. The normalized spacial score (nSPS) is 11.6. The van der Waals surface area contributed by atoms with E-state index < -0.39 is 0 Å². The number of methoxy groups -OCH3 is 2. The van der Waals surface area contributed by atoms with Crippen molar-refractivity contribution in [2.45, 2.75) is 122 Å². The molecule has 0 rings (SSSR count). The van der Waals surface area contributed by atoms with Crippen LogP contribution in [0.1, 0.15) is 110 Å². The Morgan fingerprint density at radius 2 is 1.07 bits per heavy atom. The van der Waals surface area contributed by atoms with Crippen LogP contribution in [0.5, 0.6) is 0 Å². The van der Waals surface area contributed by atoms with Gasteiger partial charge in [0.1, 0.15) is 5.91 Å². The van der Waals surface area contributed by atoms with E-state index in [1.807, 2.05) is 0 Å². The summed E-state index contributed by atoms with van der Waals surface area (Å²) in [6, 6.07) is 1.09. The molecule has 0 unspecified atom stereocenters. The Morgan fingerprint density at radius 1 is 0.667 bits per heavy atom. The minimum atomic E-state index is -0.378. The lowest BCUT2D eigenvalue weighted by atomic mass is 10.0. The zero-order valence-corrected chi connectivity index (χ0v) is 21.9. The van der Waals surface area contributed by atoms with Gasteiger partial charge in [0.05, 0.1) is 9.52 Å². The summed E-state index contributed by atoms with van der Waals surface area (Å²) in [5.41, 5.74) is 0. The van der Waals surface area contributed by atoms with E-state index in [-0.39, 0.29) is 21.5 Å². The van der Waals surface area contributed by atoms with Gasteiger partial charge in [-0.2, -0.15) is 0 Å². The van der Waals surface area contributed by atoms with Crippen molar-refractivity contribution in [1.82, 2.24) is 10.6 Å². The van der Waals surface area contributed by atoms with Gasteiger partial charge >= 0.3 is 6.03 Å². The number of carbonyl (C=O) groups is 1. The second-order valence-electron chi connectivity index (χ2n) is 8.53. The number of amides is 2. The average Bonchev–Trinajstić information content (AvgIpc) is 2.76. The van der Waals surface area contributed by atoms with Gasteiger partial charge in [-0.25, -0.2) is 4.79 Å². The van der Waals surface area contributed by atoms with Crippen molar-refractivity contribution in [3.8, 4) is 0 Å². The summed E-state index contributed by atoms with van der Waals surface area (Å²) in [5.74, 6) is 0.00364. The van der Waals surface area contributed by atoms with Crippen LogP contribution in [0.4, 0.5) is 4.79 Å². The number of rotatable bonds is 23. The van der Waals surface area contributed by atoms with E-state index in [0.29, 0.717) is 0 Å². The van der Waals surface area contributed by atoms with Crippen molar-refractivity contribution in [1.29, 1.82) is 0 Å². The van der Waals surface area contributed by atoms with Gasteiger partial charge in [0, 0.05) is 27.3 Å². The van der Waals surface area contributed by atoms with Crippen molar-refractivity contribution in [3.63, 3.8) is 0 Å². The minimum Gasteiger partial charge on any atom is -0.360 e. The van der Waals surface area contributed by atoms with E-state index in [0.717, 1.165) is 32.0 Å². The number of hydrogen-bond donors (Lipinski definition) is 2. The van der Waals surface area contributed by atoms with Gasteiger partial charge in [-0.1, -0.05) is 103 Å². The molecule has 0 aromatic rings. The number of unbranched alkanes of at least 4 members (excludes halogenated alkanes) is 14. The molecule has 0 saturated heterocycles. The molecule has 2 N–H and O–H groups in total. The Bertz CT molecular complexity index is 355. The molecular formula is C24H52N2O3Si. The molecule has 2 amide bonds. The zero-order valence-electron chi connectivity index (χ0n) is 20.4. The van der Waals surface area contributed by atoms with Crippen LogP contribution >= 0.6 is 0 Å². The van der Waals surface area contributed by atoms with Gasteiger partial charge in [-0.3, -0.25) is 0 Å². The van der Waals surface area contributed by atoms with Gasteiger partial charge in [0.15, 0.2) is 0 Å². The molecule has 0 aromatic carbocycles. The number of ether oxygens (including phenoxy) is 2. The van der Waals surface area contributed by atoms with Crippen molar-refractivity contribution in [2.24, 2.45) is 0 Å². The molecule has 180 valence electrons. The van der Waals surface area contributed by atoms with Crippen LogP contribution in [0.3, 0.4) is 0 Å². The van der Waals surface area contributed by atoms with Crippen molar-refractivity contribution in [3.05, 3.63) is 0 Å². The lowest BCUT2D eigenvalue weighted by Gasteiger charge is -2.12. The molecule has 0 bridgehead atoms. The Morgan fingerprint density at radius 3 is 1.50 bits per heavy atom. The highest BCUT2D eigenvalue weighted by Gasteiger charge is 2.05.